The topological polar surface area (TPSA) is 3.24 Å². The molecule has 0 aromatic rings. The third-order valence-corrected chi connectivity index (χ3v) is 4.25. The Kier molecular flexibility index (Phi) is 2.16. The number of rotatable bonds is 0. The molecule has 1 aliphatic heterocycles. The summed E-state index contributed by atoms with van der Waals surface area (Å²) in [4.78, 5) is 2.60. The molecule has 0 radical (unpaired) electrons. The van der Waals surface area contributed by atoms with Crippen LogP contribution in [0.5, 0.6) is 0 Å². The van der Waals surface area contributed by atoms with Gasteiger partial charge in [0, 0.05) is 12.6 Å². The van der Waals surface area contributed by atoms with E-state index in [1.54, 1.807) is 0 Å². The summed E-state index contributed by atoms with van der Waals surface area (Å²) in [7, 11) is 2.31. The van der Waals surface area contributed by atoms with Crippen molar-refractivity contribution in [2.24, 2.45) is 17.8 Å². The lowest BCUT2D eigenvalue weighted by Gasteiger charge is -2.43. The summed E-state index contributed by atoms with van der Waals surface area (Å²) >= 11 is 0. The summed E-state index contributed by atoms with van der Waals surface area (Å²) in [6.07, 6.45) is 4.41. The van der Waals surface area contributed by atoms with Crippen LogP contribution in [0.1, 0.15) is 33.1 Å². The highest BCUT2D eigenvalue weighted by Gasteiger charge is 2.40. The van der Waals surface area contributed by atoms with Crippen LogP contribution < -0.4 is 0 Å². The van der Waals surface area contributed by atoms with E-state index in [2.05, 4.69) is 25.8 Å². The molecular weight excluding hydrogens is 146 g/mol. The van der Waals surface area contributed by atoms with Gasteiger partial charge < -0.3 is 4.90 Å². The van der Waals surface area contributed by atoms with Crippen molar-refractivity contribution < 1.29 is 0 Å². The SMILES string of the molecule is CC1CN(C)C2CCCC2C1C. The zero-order valence-electron chi connectivity index (χ0n) is 8.59. The third-order valence-electron chi connectivity index (χ3n) is 4.25. The molecule has 2 fully saturated rings. The van der Waals surface area contributed by atoms with Crippen molar-refractivity contribution in [3.8, 4) is 0 Å². The van der Waals surface area contributed by atoms with E-state index in [9.17, 15) is 0 Å². The minimum absolute atomic E-state index is 0.911. The molecular formula is C11H21N. The fourth-order valence-corrected chi connectivity index (χ4v) is 3.31. The van der Waals surface area contributed by atoms with Crippen LogP contribution in [-0.2, 0) is 0 Å². The van der Waals surface area contributed by atoms with E-state index in [-0.39, 0.29) is 0 Å². The highest BCUT2D eigenvalue weighted by Crippen LogP contribution is 2.41. The zero-order chi connectivity index (χ0) is 8.72. The second-order valence-corrected chi connectivity index (χ2v) is 4.94. The Hall–Kier alpha value is -0.0400. The lowest BCUT2D eigenvalue weighted by atomic mass is 9.77. The van der Waals surface area contributed by atoms with E-state index in [4.69, 9.17) is 0 Å². The zero-order valence-corrected chi connectivity index (χ0v) is 8.59. The molecule has 0 aromatic heterocycles. The number of hydrogen-bond acceptors (Lipinski definition) is 1. The standard InChI is InChI=1S/C11H21N/c1-8-7-12(3)11-6-4-5-10(11)9(8)2/h8-11H,4-7H2,1-3H3. The van der Waals surface area contributed by atoms with Gasteiger partial charge in [0.15, 0.2) is 0 Å². The van der Waals surface area contributed by atoms with Gasteiger partial charge in [-0.05, 0) is 37.6 Å². The maximum Gasteiger partial charge on any atom is 0.0123 e. The molecule has 12 heavy (non-hydrogen) atoms. The number of likely N-dealkylation sites (tertiary alicyclic amines) is 1. The number of nitrogens with zero attached hydrogens (tertiary/aromatic N) is 1. The van der Waals surface area contributed by atoms with Crippen molar-refractivity contribution in [2.45, 2.75) is 39.2 Å². The van der Waals surface area contributed by atoms with Crippen molar-refractivity contribution >= 4 is 0 Å². The Bertz CT molecular complexity index is 166. The highest BCUT2D eigenvalue weighted by atomic mass is 15.1. The van der Waals surface area contributed by atoms with Gasteiger partial charge >= 0.3 is 0 Å². The molecule has 0 N–H and O–H groups in total. The van der Waals surface area contributed by atoms with E-state index < -0.39 is 0 Å². The molecule has 0 spiro atoms. The van der Waals surface area contributed by atoms with Gasteiger partial charge in [0.1, 0.15) is 0 Å². The second kappa shape index (κ2) is 3.02. The first-order valence-electron chi connectivity index (χ1n) is 5.40. The fourth-order valence-electron chi connectivity index (χ4n) is 3.31. The van der Waals surface area contributed by atoms with Crippen LogP contribution in [-0.4, -0.2) is 24.5 Å². The van der Waals surface area contributed by atoms with Gasteiger partial charge in [0.25, 0.3) is 0 Å². The molecule has 0 bridgehead atoms. The smallest absolute Gasteiger partial charge is 0.0123 e. The molecule has 70 valence electrons. The monoisotopic (exact) mass is 167 g/mol. The van der Waals surface area contributed by atoms with Gasteiger partial charge in [0.05, 0.1) is 0 Å². The quantitative estimate of drug-likeness (QED) is 0.535. The summed E-state index contributed by atoms with van der Waals surface area (Å²) < 4.78 is 0. The molecule has 4 unspecified atom stereocenters. The maximum atomic E-state index is 2.60. The molecule has 2 rings (SSSR count). The molecule has 1 nitrogen and oxygen atoms in total. The maximum absolute atomic E-state index is 2.60. The molecule has 1 saturated carbocycles. The Labute approximate surface area is 76.1 Å². The Morgan fingerprint density at radius 1 is 1.17 bits per heavy atom. The first-order chi connectivity index (χ1) is 5.70. The van der Waals surface area contributed by atoms with Crippen LogP contribution in [0.3, 0.4) is 0 Å². The average Bonchev–Trinajstić information content (AvgIpc) is 2.48. The first-order valence-corrected chi connectivity index (χ1v) is 5.40. The van der Waals surface area contributed by atoms with E-state index in [0.29, 0.717) is 0 Å². The molecule has 1 heteroatoms. The van der Waals surface area contributed by atoms with Crippen molar-refractivity contribution in [3.05, 3.63) is 0 Å². The van der Waals surface area contributed by atoms with Gasteiger partial charge in [0.2, 0.25) is 0 Å². The predicted octanol–water partition coefficient (Wildman–Crippen LogP) is 2.37. The minimum atomic E-state index is 0.911. The molecule has 0 aromatic carbocycles. The third kappa shape index (κ3) is 1.19. The van der Waals surface area contributed by atoms with Crippen LogP contribution in [0.15, 0.2) is 0 Å². The van der Waals surface area contributed by atoms with E-state index in [1.165, 1.54) is 25.8 Å². The summed E-state index contributed by atoms with van der Waals surface area (Å²) in [6, 6.07) is 0.927. The Morgan fingerprint density at radius 3 is 2.67 bits per heavy atom. The van der Waals surface area contributed by atoms with Crippen LogP contribution in [0, 0.1) is 17.8 Å². The lowest BCUT2D eigenvalue weighted by molar-refractivity contribution is 0.0554. The number of fused-ring (bicyclic) bond motifs is 1. The lowest BCUT2D eigenvalue weighted by Crippen LogP contribution is -2.47. The molecule has 2 aliphatic rings. The van der Waals surface area contributed by atoms with Crippen LogP contribution in [0.2, 0.25) is 0 Å². The normalized spacial score (nSPS) is 49.2. The van der Waals surface area contributed by atoms with Gasteiger partial charge in [-0.15, -0.1) is 0 Å². The van der Waals surface area contributed by atoms with Gasteiger partial charge in [-0.25, -0.2) is 0 Å². The number of hydrogen-bond donors (Lipinski definition) is 0. The summed E-state index contributed by atoms with van der Waals surface area (Å²) in [5, 5.41) is 0. The first kappa shape index (κ1) is 8.55. The van der Waals surface area contributed by atoms with Crippen LogP contribution in [0.4, 0.5) is 0 Å². The van der Waals surface area contributed by atoms with Crippen LogP contribution in [0.25, 0.3) is 0 Å². The highest BCUT2D eigenvalue weighted by molar-refractivity contribution is 4.93. The fraction of sp³-hybridized carbons (Fsp3) is 1.00. The van der Waals surface area contributed by atoms with Crippen molar-refractivity contribution in [1.82, 2.24) is 4.90 Å². The summed E-state index contributed by atoms with van der Waals surface area (Å²) in [5.74, 6) is 2.89. The molecule has 0 amide bonds. The van der Waals surface area contributed by atoms with Crippen LogP contribution >= 0.6 is 0 Å². The van der Waals surface area contributed by atoms with Crippen molar-refractivity contribution in [1.29, 1.82) is 0 Å². The molecule has 1 heterocycles. The molecule has 1 aliphatic carbocycles. The van der Waals surface area contributed by atoms with E-state index >= 15 is 0 Å². The molecule has 4 atom stereocenters. The van der Waals surface area contributed by atoms with Gasteiger partial charge in [-0.3, -0.25) is 0 Å². The average molecular weight is 167 g/mol. The Morgan fingerprint density at radius 2 is 1.92 bits per heavy atom. The van der Waals surface area contributed by atoms with E-state index in [0.717, 1.165) is 23.8 Å². The van der Waals surface area contributed by atoms with Crippen molar-refractivity contribution in [2.75, 3.05) is 13.6 Å². The van der Waals surface area contributed by atoms with E-state index in [1.807, 2.05) is 0 Å². The van der Waals surface area contributed by atoms with Gasteiger partial charge in [-0.1, -0.05) is 20.3 Å². The molecule has 1 saturated heterocycles. The van der Waals surface area contributed by atoms with Crippen molar-refractivity contribution in [3.63, 3.8) is 0 Å². The number of piperidine rings is 1. The largest absolute Gasteiger partial charge is 0.303 e. The summed E-state index contributed by atoms with van der Waals surface area (Å²) in [6.45, 7) is 6.19. The minimum Gasteiger partial charge on any atom is -0.303 e. The second-order valence-electron chi connectivity index (χ2n) is 4.94. The van der Waals surface area contributed by atoms with Gasteiger partial charge in [-0.2, -0.15) is 0 Å². The Balaban J connectivity index is 2.12. The predicted molar refractivity (Wildman–Crippen MR) is 52.1 cm³/mol. The summed E-state index contributed by atoms with van der Waals surface area (Å²) in [5.41, 5.74) is 0.